The lowest BCUT2D eigenvalue weighted by Crippen LogP contribution is -2.39. The zero-order valence-corrected chi connectivity index (χ0v) is 11.0. The van der Waals surface area contributed by atoms with Gasteiger partial charge in [-0.2, -0.15) is 5.10 Å². The molecule has 1 aliphatic heterocycles. The van der Waals surface area contributed by atoms with Crippen molar-refractivity contribution in [2.75, 3.05) is 11.4 Å². The van der Waals surface area contributed by atoms with E-state index in [1.165, 1.54) is 12.8 Å². The summed E-state index contributed by atoms with van der Waals surface area (Å²) < 4.78 is 1.79. The molecular weight excluding hydrogens is 228 g/mol. The van der Waals surface area contributed by atoms with Crippen molar-refractivity contribution in [1.82, 2.24) is 15.1 Å². The van der Waals surface area contributed by atoms with Crippen LogP contribution in [0.25, 0.3) is 0 Å². The fourth-order valence-corrected chi connectivity index (χ4v) is 2.61. The van der Waals surface area contributed by atoms with E-state index >= 15 is 0 Å². The summed E-state index contributed by atoms with van der Waals surface area (Å²) in [5, 5.41) is 7.84. The molecule has 1 unspecified atom stereocenters. The molecule has 1 N–H and O–H groups in total. The lowest BCUT2D eigenvalue weighted by molar-refractivity contribution is -0.118. The second-order valence-electron chi connectivity index (χ2n) is 5.26. The maximum Gasteiger partial charge on any atom is 0.244 e. The molecule has 5 heteroatoms. The minimum atomic E-state index is 0.0161. The van der Waals surface area contributed by atoms with Crippen LogP contribution in [0.15, 0.2) is 6.20 Å². The van der Waals surface area contributed by atoms with Crippen molar-refractivity contribution in [3.63, 3.8) is 0 Å². The van der Waals surface area contributed by atoms with E-state index in [2.05, 4.69) is 17.3 Å². The normalized spacial score (nSPS) is 24.0. The number of hydrogen-bond acceptors (Lipinski definition) is 3. The van der Waals surface area contributed by atoms with Crippen LogP contribution >= 0.6 is 0 Å². The molecule has 0 radical (unpaired) electrons. The molecule has 2 fully saturated rings. The van der Waals surface area contributed by atoms with E-state index < -0.39 is 0 Å². The topological polar surface area (TPSA) is 50.2 Å². The Morgan fingerprint density at radius 2 is 2.22 bits per heavy atom. The molecule has 1 aliphatic carbocycles. The highest BCUT2D eigenvalue weighted by atomic mass is 16.2. The fourth-order valence-electron chi connectivity index (χ4n) is 2.61. The smallest absolute Gasteiger partial charge is 0.244 e. The van der Waals surface area contributed by atoms with Gasteiger partial charge in [-0.3, -0.25) is 9.48 Å². The van der Waals surface area contributed by atoms with Crippen LogP contribution in [-0.2, 0) is 18.3 Å². The molecule has 2 heterocycles. The van der Waals surface area contributed by atoms with Gasteiger partial charge in [0.1, 0.15) is 0 Å². The van der Waals surface area contributed by atoms with Crippen LogP contribution < -0.4 is 10.2 Å². The molecule has 5 nitrogen and oxygen atoms in total. The Morgan fingerprint density at radius 3 is 2.89 bits per heavy atom. The molecule has 0 spiro atoms. The summed E-state index contributed by atoms with van der Waals surface area (Å²) in [5.74, 6) is 0.213. The number of aromatic nitrogens is 2. The molecule has 1 atom stereocenters. The van der Waals surface area contributed by atoms with Gasteiger partial charge < -0.3 is 10.2 Å². The van der Waals surface area contributed by atoms with E-state index in [0.717, 1.165) is 30.8 Å². The van der Waals surface area contributed by atoms with Gasteiger partial charge in [-0.1, -0.05) is 6.92 Å². The first-order valence-electron chi connectivity index (χ1n) is 6.79. The molecule has 1 aromatic heterocycles. The van der Waals surface area contributed by atoms with Crippen molar-refractivity contribution in [1.29, 1.82) is 0 Å². The molecular formula is C13H20N4O. The molecule has 0 aromatic carbocycles. The van der Waals surface area contributed by atoms with E-state index in [9.17, 15) is 4.79 Å². The molecule has 1 saturated heterocycles. The monoisotopic (exact) mass is 248 g/mol. The lowest BCUT2D eigenvalue weighted by Gasteiger charge is -2.16. The van der Waals surface area contributed by atoms with Crippen LogP contribution in [0, 0.1) is 0 Å². The fraction of sp³-hybridized carbons (Fsp3) is 0.692. The Labute approximate surface area is 107 Å². The predicted octanol–water partition coefficient (Wildman–Crippen LogP) is 0.840. The molecule has 18 heavy (non-hydrogen) atoms. The highest BCUT2D eigenvalue weighted by Gasteiger charge is 2.37. The highest BCUT2D eigenvalue weighted by molar-refractivity contribution is 5.99. The molecule has 3 rings (SSSR count). The Kier molecular flexibility index (Phi) is 2.86. The maximum atomic E-state index is 12.4. The van der Waals surface area contributed by atoms with Crippen LogP contribution in [0.3, 0.4) is 0 Å². The highest BCUT2D eigenvalue weighted by Crippen LogP contribution is 2.27. The third-order valence-corrected chi connectivity index (χ3v) is 3.73. The van der Waals surface area contributed by atoms with Crippen molar-refractivity contribution < 1.29 is 4.79 Å². The molecule has 1 saturated carbocycles. The largest absolute Gasteiger partial charge is 0.308 e. The van der Waals surface area contributed by atoms with Gasteiger partial charge in [0.25, 0.3) is 0 Å². The van der Waals surface area contributed by atoms with Gasteiger partial charge in [-0.25, -0.2) is 0 Å². The number of rotatable bonds is 4. The van der Waals surface area contributed by atoms with Crippen LogP contribution in [0.5, 0.6) is 0 Å². The summed E-state index contributed by atoms with van der Waals surface area (Å²) in [7, 11) is 1.91. The number of hydrogen-bond donors (Lipinski definition) is 1. The van der Waals surface area contributed by atoms with Crippen LogP contribution in [0.4, 0.5) is 5.69 Å². The van der Waals surface area contributed by atoms with Crippen LogP contribution in [-0.4, -0.2) is 34.3 Å². The van der Waals surface area contributed by atoms with E-state index in [1.807, 2.05) is 18.1 Å². The molecule has 98 valence electrons. The minimum absolute atomic E-state index is 0.0161. The standard InChI is InChI=1S/C13H20N4O/c1-3-10-12(8-16(2)15-10)17-7-6-11(13(17)18)14-9-4-5-9/h8-9,11,14H,3-7H2,1-2H3. The van der Waals surface area contributed by atoms with Crippen molar-refractivity contribution in [3.8, 4) is 0 Å². The maximum absolute atomic E-state index is 12.4. The van der Waals surface area contributed by atoms with Gasteiger partial charge in [0.05, 0.1) is 17.4 Å². The zero-order valence-electron chi connectivity index (χ0n) is 11.0. The van der Waals surface area contributed by atoms with E-state index in [0.29, 0.717) is 6.04 Å². The lowest BCUT2D eigenvalue weighted by atomic mass is 10.2. The van der Waals surface area contributed by atoms with Crippen molar-refractivity contribution in [3.05, 3.63) is 11.9 Å². The molecule has 1 amide bonds. The van der Waals surface area contributed by atoms with Gasteiger partial charge in [0.15, 0.2) is 0 Å². The minimum Gasteiger partial charge on any atom is -0.308 e. The average Bonchev–Trinajstić information content (AvgIpc) is 2.99. The number of nitrogens with zero attached hydrogens (tertiary/aromatic N) is 3. The Balaban J connectivity index is 1.77. The van der Waals surface area contributed by atoms with Crippen LogP contribution in [0.1, 0.15) is 31.9 Å². The van der Waals surface area contributed by atoms with Gasteiger partial charge in [0.2, 0.25) is 5.91 Å². The summed E-state index contributed by atoms with van der Waals surface area (Å²) in [6.45, 7) is 2.88. The second-order valence-corrected chi connectivity index (χ2v) is 5.26. The zero-order chi connectivity index (χ0) is 12.7. The first-order valence-corrected chi connectivity index (χ1v) is 6.79. The Hall–Kier alpha value is -1.36. The summed E-state index contributed by atoms with van der Waals surface area (Å²) >= 11 is 0. The Bertz CT molecular complexity index is 464. The third kappa shape index (κ3) is 2.03. The SMILES string of the molecule is CCc1nn(C)cc1N1CCC(NC2CC2)C1=O. The summed E-state index contributed by atoms with van der Waals surface area (Å²) in [6, 6.07) is 0.598. The van der Waals surface area contributed by atoms with Gasteiger partial charge in [-0.15, -0.1) is 0 Å². The van der Waals surface area contributed by atoms with Gasteiger partial charge >= 0.3 is 0 Å². The predicted molar refractivity (Wildman–Crippen MR) is 69.5 cm³/mol. The van der Waals surface area contributed by atoms with Crippen molar-refractivity contribution >= 4 is 11.6 Å². The second kappa shape index (κ2) is 4.39. The molecule has 1 aromatic rings. The molecule has 0 bridgehead atoms. The summed E-state index contributed by atoms with van der Waals surface area (Å²) in [5.41, 5.74) is 2.00. The van der Waals surface area contributed by atoms with Crippen LogP contribution in [0.2, 0.25) is 0 Å². The third-order valence-electron chi connectivity index (χ3n) is 3.73. The summed E-state index contributed by atoms with van der Waals surface area (Å²) in [6.07, 6.45) is 6.16. The summed E-state index contributed by atoms with van der Waals surface area (Å²) in [4.78, 5) is 14.3. The van der Waals surface area contributed by atoms with E-state index in [-0.39, 0.29) is 11.9 Å². The first kappa shape index (κ1) is 11.7. The average molecular weight is 248 g/mol. The number of carbonyl (C=O) groups is 1. The van der Waals surface area contributed by atoms with Gasteiger partial charge in [0, 0.05) is 25.8 Å². The van der Waals surface area contributed by atoms with Crippen molar-refractivity contribution in [2.24, 2.45) is 7.05 Å². The number of amides is 1. The van der Waals surface area contributed by atoms with Gasteiger partial charge in [-0.05, 0) is 25.7 Å². The Morgan fingerprint density at radius 1 is 1.44 bits per heavy atom. The van der Waals surface area contributed by atoms with E-state index in [4.69, 9.17) is 0 Å². The number of anilines is 1. The number of carbonyl (C=O) groups excluding carboxylic acids is 1. The molecule has 2 aliphatic rings. The first-order chi connectivity index (χ1) is 8.69. The number of aryl methyl sites for hydroxylation is 2. The quantitative estimate of drug-likeness (QED) is 0.859. The van der Waals surface area contributed by atoms with E-state index in [1.54, 1.807) is 4.68 Å². The number of nitrogens with one attached hydrogen (secondary N) is 1. The van der Waals surface area contributed by atoms with Crippen molar-refractivity contribution in [2.45, 2.75) is 44.7 Å².